The van der Waals surface area contributed by atoms with Gasteiger partial charge in [0.15, 0.2) is 0 Å². The molecule has 1 unspecified atom stereocenters. The molecular weight excluding hydrogens is 514 g/mol. The van der Waals surface area contributed by atoms with Gasteiger partial charge in [0.25, 0.3) is 0 Å². The van der Waals surface area contributed by atoms with E-state index in [4.69, 9.17) is 0 Å². The number of benzene rings is 2. The van der Waals surface area contributed by atoms with Gasteiger partial charge in [-0.2, -0.15) is 0 Å². The lowest BCUT2D eigenvalue weighted by Gasteiger charge is -2.40. The molecule has 0 aliphatic carbocycles. The van der Waals surface area contributed by atoms with Gasteiger partial charge in [0.1, 0.15) is 6.04 Å². The predicted molar refractivity (Wildman–Crippen MR) is 162 cm³/mol. The Morgan fingerprint density at radius 3 is 2.34 bits per heavy atom. The van der Waals surface area contributed by atoms with Crippen LogP contribution < -0.4 is 20.9 Å². The van der Waals surface area contributed by atoms with Gasteiger partial charge in [-0.3, -0.25) is 9.59 Å². The molecule has 0 aromatic heterocycles. The molecule has 8 nitrogen and oxygen atoms in total. The third-order valence-corrected chi connectivity index (χ3v) is 9.52. The molecule has 0 spiro atoms. The van der Waals surface area contributed by atoms with Crippen LogP contribution in [0.5, 0.6) is 0 Å². The Hall–Kier alpha value is -3.39. The summed E-state index contributed by atoms with van der Waals surface area (Å²) in [7, 11) is 0. The molecule has 220 valence electrons. The maximum Gasteiger partial charge on any atom is 0.315 e. The number of carbonyl (C=O) groups is 3. The van der Waals surface area contributed by atoms with E-state index in [9.17, 15) is 14.4 Å². The van der Waals surface area contributed by atoms with E-state index in [2.05, 4.69) is 35.0 Å². The van der Waals surface area contributed by atoms with Gasteiger partial charge >= 0.3 is 6.03 Å². The van der Waals surface area contributed by atoms with Gasteiger partial charge in [0.05, 0.1) is 5.41 Å². The van der Waals surface area contributed by atoms with E-state index >= 15 is 0 Å². The Bertz CT molecular complexity index is 1230. The highest BCUT2D eigenvalue weighted by Crippen LogP contribution is 2.43. The number of para-hydroxylation sites is 1. The monoisotopic (exact) mass is 559 g/mol. The normalized spacial score (nSPS) is 20.8. The first-order valence-corrected chi connectivity index (χ1v) is 15.3. The summed E-state index contributed by atoms with van der Waals surface area (Å²) in [6.45, 7) is 8.97. The summed E-state index contributed by atoms with van der Waals surface area (Å²) in [5, 5.41) is 9.66. The summed E-state index contributed by atoms with van der Waals surface area (Å²) in [6, 6.07) is 17.3. The van der Waals surface area contributed by atoms with Gasteiger partial charge in [-0.05, 0) is 89.1 Å². The number of nitrogens with one attached hydrogen (secondary N) is 3. The van der Waals surface area contributed by atoms with Crippen molar-refractivity contribution in [3.05, 3.63) is 65.7 Å². The van der Waals surface area contributed by atoms with E-state index in [0.29, 0.717) is 38.8 Å². The van der Waals surface area contributed by atoms with Crippen molar-refractivity contribution in [2.45, 2.75) is 88.8 Å². The third kappa shape index (κ3) is 6.13. The summed E-state index contributed by atoms with van der Waals surface area (Å²) in [4.78, 5) is 44.4. The van der Waals surface area contributed by atoms with Crippen molar-refractivity contribution in [3.63, 3.8) is 0 Å². The lowest BCUT2D eigenvalue weighted by atomic mass is 9.86. The van der Waals surface area contributed by atoms with E-state index in [1.165, 1.54) is 0 Å². The molecule has 5 rings (SSSR count). The molecule has 41 heavy (non-hydrogen) atoms. The number of nitrogens with zero attached hydrogens (tertiary/aromatic N) is 2. The smallest absolute Gasteiger partial charge is 0.315 e. The van der Waals surface area contributed by atoms with Gasteiger partial charge < -0.3 is 25.8 Å². The first-order valence-electron chi connectivity index (χ1n) is 15.3. The number of amides is 4. The van der Waals surface area contributed by atoms with Crippen LogP contribution in [0.1, 0.15) is 70.4 Å². The lowest BCUT2D eigenvalue weighted by Crippen LogP contribution is -2.60. The number of hydrogen-bond donors (Lipinski definition) is 3. The molecule has 2 aromatic rings. The summed E-state index contributed by atoms with van der Waals surface area (Å²) < 4.78 is 0. The van der Waals surface area contributed by atoms with E-state index < -0.39 is 11.5 Å². The number of hydrogen-bond acceptors (Lipinski definition) is 4. The Morgan fingerprint density at radius 1 is 1.00 bits per heavy atom. The average Bonchev–Trinajstić information content (AvgIpc) is 3.20. The molecule has 2 saturated heterocycles. The van der Waals surface area contributed by atoms with Crippen LogP contribution in [-0.4, -0.2) is 66.5 Å². The number of carbonyl (C=O) groups excluding carboxylic acids is 3. The molecule has 2 fully saturated rings. The lowest BCUT2D eigenvalue weighted by molar-refractivity contribution is -0.134. The van der Waals surface area contributed by atoms with Crippen LogP contribution in [0.2, 0.25) is 0 Å². The van der Waals surface area contributed by atoms with E-state index in [1.807, 2.05) is 66.1 Å². The van der Waals surface area contributed by atoms with Crippen LogP contribution in [-0.2, 0) is 21.4 Å². The molecule has 8 heteroatoms. The number of likely N-dealkylation sites (tertiary alicyclic amines) is 1. The zero-order chi connectivity index (χ0) is 29.0. The zero-order valence-electron chi connectivity index (χ0n) is 24.7. The number of anilines is 1. The van der Waals surface area contributed by atoms with Crippen molar-refractivity contribution in [2.24, 2.45) is 0 Å². The summed E-state index contributed by atoms with van der Waals surface area (Å²) in [6.07, 6.45) is 5.27. The van der Waals surface area contributed by atoms with Crippen molar-refractivity contribution in [3.8, 4) is 0 Å². The Kier molecular flexibility index (Phi) is 8.68. The molecular formula is C33H45N5O3. The van der Waals surface area contributed by atoms with Crippen LogP contribution >= 0.6 is 0 Å². The van der Waals surface area contributed by atoms with Crippen molar-refractivity contribution in [2.75, 3.05) is 31.1 Å². The second kappa shape index (κ2) is 12.2. The van der Waals surface area contributed by atoms with Crippen LogP contribution in [0.25, 0.3) is 0 Å². The number of aryl methyl sites for hydroxylation is 1. The molecule has 0 radical (unpaired) electrons. The van der Waals surface area contributed by atoms with Gasteiger partial charge in [0.2, 0.25) is 11.8 Å². The molecule has 3 aliphatic heterocycles. The maximum atomic E-state index is 13.9. The van der Waals surface area contributed by atoms with Crippen LogP contribution in [0, 0.1) is 0 Å². The van der Waals surface area contributed by atoms with Gasteiger partial charge in [-0.1, -0.05) is 55.5 Å². The number of urea groups is 1. The number of fused-ring (bicyclic) bond motifs is 1. The van der Waals surface area contributed by atoms with Crippen molar-refractivity contribution < 1.29 is 14.4 Å². The minimum atomic E-state index is -0.615. The highest BCUT2D eigenvalue weighted by atomic mass is 16.2. The van der Waals surface area contributed by atoms with Gasteiger partial charge in [0, 0.05) is 30.4 Å². The fourth-order valence-electron chi connectivity index (χ4n) is 6.79. The van der Waals surface area contributed by atoms with Crippen LogP contribution in [0.3, 0.4) is 0 Å². The largest absolute Gasteiger partial charge is 0.341 e. The SMILES string of the molecule is CCC1(NC(=O)NC(CCc2ccccc2)C(=O)N2CCC(N3C(=O)C(C)(C)c4ccccc43)CC2)CCNCC1. The Labute approximate surface area is 244 Å². The standard InChI is InChI=1S/C33H45N5O3/c1-4-33(18-20-34-21-19-33)36-31(41)35-27(15-14-24-10-6-5-7-11-24)29(39)37-22-16-25(17-23-37)38-28-13-9-8-12-26(28)32(2,3)30(38)40/h5-13,25,27,34H,4,14-23H2,1-3H3,(H2,35,36,41). The minimum Gasteiger partial charge on any atom is -0.341 e. The second-order valence-electron chi connectivity index (χ2n) is 12.4. The zero-order valence-corrected chi connectivity index (χ0v) is 24.7. The van der Waals surface area contributed by atoms with Crippen molar-refractivity contribution in [1.29, 1.82) is 0 Å². The molecule has 3 heterocycles. The molecule has 0 bridgehead atoms. The van der Waals surface area contributed by atoms with Crippen molar-refractivity contribution >= 4 is 23.5 Å². The molecule has 4 amide bonds. The molecule has 0 saturated carbocycles. The number of piperidine rings is 2. The van der Waals surface area contributed by atoms with Gasteiger partial charge in [-0.15, -0.1) is 0 Å². The van der Waals surface area contributed by atoms with Crippen molar-refractivity contribution in [1.82, 2.24) is 20.9 Å². The summed E-state index contributed by atoms with van der Waals surface area (Å²) >= 11 is 0. The topological polar surface area (TPSA) is 93.8 Å². The van der Waals surface area contributed by atoms with E-state index in [-0.39, 0.29) is 29.4 Å². The summed E-state index contributed by atoms with van der Waals surface area (Å²) in [5.41, 5.74) is 2.41. The minimum absolute atomic E-state index is 0.0427. The van der Waals surface area contributed by atoms with E-state index in [1.54, 1.807) is 0 Å². The quantitative estimate of drug-likeness (QED) is 0.453. The Balaban J connectivity index is 1.25. The van der Waals surface area contributed by atoms with E-state index in [0.717, 1.165) is 49.2 Å². The third-order valence-electron chi connectivity index (χ3n) is 9.52. The average molecular weight is 560 g/mol. The fourth-order valence-corrected chi connectivity index (χ4v) is 6.79. The van der Waals surface area contributed by atoms with Gasteiger partial charge in [-0.25, -0.2) is 4.79 Å². The molecule has 2 aromatic carbocycles. The van der Waals surface area contributed by atoms with Crippen LogP contribution in [0.4, 0.5) is 10.5 Å². The first-order chi connectivity index (χ1) is 19.7. The molecule has 3 N–H and O–H groups in total. The van der Waals surface area contributed by atoms with Crippen LogP contribution in [0.15, 0.2) is 54.6 Å². The Morgan fingerprint density at radius 2 is 1.66 bits per heavy atom. The second-order valence-corrected chi connectivity index (χ2v) is 12.4. The number of rotatable bonds is 8. The summed E-state index contributed by atoms with van der Waals surface area (Å²) in [5.74, 6) is 0.0872. The fraction of sp³-hybridized carbons (Fsp3) is 0.545. The highest BCUT2D eigenvalue weighted by molar-refractivity contribution is 6.08. The predicted octanol–water partition coefficient (Wildman–Crippen LogP) is 4.13. The molecule has 3 aliphatic rings. The molecule has 1 atom stereocenters. The first kappa shape index (κ1) is 29.1. The maximum absolute atomic E-state index is 13.9. The highest BCUT2D eigenvalue weighted by Gasteiger charge is 2.47.